The second-order valence-corrected chi connectivity index (χ2v) is 6.05. The Morgan fingerprint density at radius 2 is 1.88 bits per heavy atom. The van der Waals surface area contributed by atoms with Crippen molar-refractivity contribution in [3.8, 4) is 11.5 Å². The predicted octanol–water partition coefficient (Wildman–Crippen LogP) is 5.54. The standard InChI is InChI=1S/C20H12ClFN2O2/c21-16-7-2-1-6-15(16)20-24-17-9-8-14(11-18(17)26-20)23-19(25)12-4-3-5-13(22)10-12/h1-11H,(H,23,25). The molecule has 1 aromatic heterocycles. The number of hydrogen-bond donors (Lipinski definition) is 1. The molecule has 1 amide bonds. The SMILES string of the molecule is O=C(Nc1ccc2nc(-c3ccccc3Cl)oc2c1)c1cccc(F)c1. The molecular formula is C20H12ClFN2O2. The van der Waals surface area contributed by atoms with Crippen LogP contribution in [-0.4, -0.2) is 10.9 Å². The van der Waals surface area contributed by atoms with Crippen molar-refractivity contribution in [3.63, 3.8) is 0 Å². The number of amides is 1. The summed E-state index contributed by atoms with van der Waals surface area (Å²) in [7, 11) is 0. The van der Waals surface area contributed by atoms with Crippen LogP contribution in [0, 0.1) is 5.82 Å². The fourth-order valence-electron chi connectivity index (χ4n) is 2.59. The second-order valence-electron chi connectivity index (χ2n) is 5.65. The molecule has 4 aromatic rings. The van der Waals surface area contributed by atoms with E-state index in [1.807, 2.05) is 18.2 Å². The zero-order valence-electron chi connectivity index (χ0n) is 13.4. The third-order valence-corrected chi connectivity index (χ3v) is 4.17. The molecule has 1 heterocycles. The first-order valence-corrected chi connectivity index (χ1v) is 8.20. The van der Waals surface area contributed by atoms with Crippen LogP contribution in [0.2, 0.25) is 5.02 Å². The molecule has 4 nitrogen and oxygen atoms in total. The topological polar surface area (TPSA) is 55.1 Å². The molecular weight excluding hydrogens is 355 g/mol. The molecule has 1 N–H and O–H groups in total. The first-order valence-electron chi connectivity index (χ1n) is 7.82. The predicted molar refractivity (Wildman–Crippen MR) is 98.8 cm³/mol. The molecule has 128 valence electrons. The number of fused-ring (bicyclic) bond motifs is 1. The number of halogens is 2. The van der Waals surface area contributed by atoms with Crippen molar-refractivity contribution >= 4 is 34.3 Å². The van der Waals surface area contributed by atoms with Gasteiger partial charge in [-0.3, -0.25) is 4.79 Å². The first-order chi connectivity index (χ1) is 12.6. The number of oxazole rings is 1. The van der Waals surface area contributed by atoms with E-state index in [1.54, 1.807) is 30.3 Å². The molecule has 0 unspecified atom stereocenters. The Bertz CT molecular complexity index is 1120. The van der Waals surface area contributed by atoms with Crippen LogP contribution >= 0.6 is 11.6 Å². The van der Waals surface area contributed by atoms with Crippen molar-refractivity contribution in [2.45, 2.75) is 0 Å². The highest BCUT2D eigenvalue weighted by Crippen LogP contribution is 2.30. The van der Waals surface area contributed by atoms with Gasteiger partial charge in [0.2, 0.25) is 5.89 Å². The van der Waals surface area contributed by atoms with Gasteiger partial charge in [0.15, 0.2) is 5.58 Å². The van der Waals surface area contributed by atoms with Crippen LogP contribution < -0.4 is 5.32 Å². The van der Waals surface area contributed by atoms with Gasteiger partial charge < -0.3 is 9.73 Å². The fraction of sp³-hybridized carbons (Fsp3) is 0. The van der Waals surface area contributed by atoms with Crippen LogP contribution in [0.4, 0.5) is 10.1 Å². The second kappa shape index (κ2) is 6.61. The van der Waals surface area contributed by atoms with Crippen molar-refractivity contribution in [1.82, 2.24) is 4.98 Å². The molecule has 0 bridgehead atoms. The maximum absolute atomic E-state index is 13.3. The van der Waals surface area contributed by atoms with Crippen molar-refractivity contribution < 1.29 is 13.6 Å². The number of rotatable bonds is 3. The van der Waals surface area contributed by atoms with E-state index in [9.17, 15) is 9.18 Å². The van der Waals surface area contributed by atoms with Crippen LogP contribution in [0.15, 0.2) is 71.1 Å². The van der Waals surface area contributed by atoms with Crippen LogP contribution in [-0.2, 0) is 0 Å². The summed E-state index contributed by atoms with van der Waals surface area (Å²) in [4.78, 5) is 16.7. The Kier molecular flexibility index (Phi) is 4.14. The van der Waals surface area contributed by atoms with Crippen LogP contribution in [0.5, 0.6) is 0 Å². The minimum absolute atomic E-state index is 0.236. The number of hydrogen-bond acceptors (Lipinski definition) is 3. The maximum Gasteiger partial charge on any atom is 0.255 e. The minimum Gasteiger partial charge on any atom is -0.436 e. The Morgan fingerprint density at radius 3 is 2.69 bits per heavy atom. The monoisotopic (exact) mass is 366 g/mol. The molecule has 0 aliphatic carbocycles. The van der Waals surface area contributed by atoms with Gasteiger partial charge >= 0.3 is 0 Å². The lowest BCUT2D eigenvalue weighted by atomic mass is 10.2. The summed E-state index contributed by atoms with van der Waals surface area (Å²) >= 11 is 6.18. The highest BCUT2D eigenvalue weighted by molar-refractivity contribution is 6.33. The molecule has 0 spiro atoms. The third kappa shape index (κ3) is 3.17. The Labute approximate surface area is 153 Å². The van der Waals surface area contributed by atoms with E-state index in [4.69, 9.17) is 16.0 Å². The van der Waals surface area contributed by atoms with Gasteiger partial charge in [-0.1, -0.05) is 29.8 Å². The number of carbonyl (C=O) groups excluding carboxylic acids is 1. The Balaban J connectivity index is 1.64. The molecule has 0 fully saturated rings. The van der Waals surface area contributed by atoms with Crippen molar-refractivity contribution in [3.05, 3.63) is 83.1 Å². The molecule has 3 aromatic carbocycles. The van der Waals surface area contributed by atoms with Gasteiger partial charge in [0.05, 0.1) is 10.6 Å². The molecule has 0 aliphatic heterocycles. The summed E-state index contributed by atoms with van der Waals surface area (Å²) in [5.74, 6) is -0.471. The summed E-state index contributed by atoms with van der Waals surface area (Å²) in [6, 6.07) is 17.9. The summed E-state index contributed by atoms with van der Waals surface area (Å²) in [5.41, 5.74) is 2.60. The van der Waals surface area contributed by atoms with Crippen LogP contribution in [0.1, 0.15) is 10.4 Å². The number of carbonyl (C=O) groups is 1. The van der Waals surface area contributed by atoms with Crippen LogP contribution in [0.25, 0.3) is 22.6 Å². The molecule has 0 radical (unpaired) electrons. The number of nitrogens with one attached hydrogen (secondary N) is 1. The van der Waals surface area contributed by atoms with E-state index in [1.165, 1.54) is 18.2 Å². The zero-order valence-corrected chi connectivity index (χ0v) is 14.1. The van der Waals surface area contributed by atoms with Crippen molar-refractivity contribution in [1.29, 1.82) is 0 Å². The lowest BCUT2D eigenvalue weighted by Gasteiger charge is -2.04. The Morgan fingerprint density at radius 1 is 1.04 bits per heavy atom. The zero-order chi connectivity index (χ0) is 18.1. The van der Waals surface area contributed by atoms with E-state index < -0.39 is 11.7 Å². The lowest BCUT2D eigenvalue weighted by Crippen LogP contribution is -2.11. The first kappa shape index (κ1) is 16.3. The van der Waals surface area contributed by atoms with E-state index in [-0.39, 0.29) is 5.56 Å². The van der Waals surface area contributed by atoms with Gasteiger partial charge in [-0.2, -0.15) is 0 Å². The molecule has 26 heavy (non-hydrogen) atoms. The molecule has 0 saturated carbocycles. The number of anilines is 1. The van der Waals surface area contributed by atoms with Gasteiger partial charge in [-0.25, -0.2) is 9.37 Å². The molecule has 6 heteroatoms. The van der Waals surface area contributed by atoms with Gasteiger partial charge in [0, 0.05) is 17.3 Å². The van der Waals surface area contributed by atoms with Gasteiger partial charge in [0.25, 0.3) is 5.91 Å². The van der Waals surface area contributed by atoms with E-state index in [0.29, 0.717) is 33.3 Å². The van der Waals surface area contributed by atoms with Gasteiger partial charge in [-0.15, -0.1) is 0 Å². The fourth-order valence-corrected chi connectivity index (χ4v) is 2.80. The normalized spacial score (nSPS) is 10.8. The number of nitrogens with zero attached hydrogens (tertiary/aromatic N) is 1. The number of benzene rings is 3. The molecule has 0 saturated heterocycles. The summed E-state index contributed by atoms with van der Waals surface area (Å²) in [5, 5.41) is 3.26. The van der Waals surface area contributed by atoms with Crippen LogP contribution in [0.3, 0.4) is 0 Å². The third-order valence-electron chi connectivity index (χ3n) is 3.84. The average Bonchev–Trinajstić information content (AvgIpc) is 3.05. The lowest BCUT2D eigenvalue weighted by molar-refractivity contribution is 0.102. The summed E-state index contributed by atoms with van der Waals surface area (Å²) < 4.78 is 19.0. The van der Waals surface area contributed by atoms with Gasteiger partial charge in [0.1, 0.15) is 11.3 Å². The van der Waals surface area contributed by atoms with Gasteiger partial charge in [-0.05, 0) is 42.5 Å². The minimum atomic E-state index is -0.465. The molecule has 0 atom stereocenters. The number of aromatic nitrogens is 1. The largest absolute Gasteiger partial charge is 0.436 e. The summed E-state index contributed by atoms with van der Waals surface area (Å²) in [6.07, 6.45) is 0. The van der Waals surface area contributed by atoms with Crippen molar-refractivity contribution in [2.75, 3.05) is 5.32 Å². The van der Waals surface area contributed by atoms with Crippen molar-refractivity contribution in [2.24, 2.45) is 0 Å². The Hall–Kier alpha value is -3.18. The van der Waals surface area contributed by atoms with E-state index >= 15 is 0 Å². The molecule has 4 rings (SSSR count). The maximum atomic E-state index is 13.3. The average molecular weight is 367 g/mol. The summed E-state index contributed by atoms with van der Waals surface area (Å²) in [6.45, 7) is 0. The molecule has 0 aliphatic rings. The quantitative estimate of drug-likeness (QED) is 0.518. The van der Waals surface area contributed by atoms with E-state index in [0.717, 1.165) is 0 Å². The highest BCUT2D eigenvalue weighted by atomic mass is 35.5. The smallest absolute Gasteiger partial charge is 0.255 e. The highest BCUT2D eigenvalue weighted by Gasteiger charge is 2.13. The van der Waals surface area contributed by atoms with E-state index in [2.05, 4.69) is 10.3 Å².